The Kier molecular flexibility index (Phi) is 5.28. The van der Waals surface area contributed by atoms with Gasteiger partial charge in [0.1, 0.15) is 0 Å². The van der Waals surface area contributed by atoms with Crippen molar-refractivity contribution >= 4 is 5.91 Å². The predicted octanol–water partition coefficient (Wildman–Crippen LogP) is 2.47. The first kappa shape index (κ1) is 18.4. The van der Waals surface area contributed by atoms with E-state index in [4.69, 9.17) is 9.15 Å². The fourth-order valence-corrected chi connectivity index (χ4v) is 2.87. The highest BCUT2D eigenvalue weighted by Crippen LogP contribution is 2.32. The quantitative estimate of drug-likeness (QED) is 0.847. The number of nitrogens with zero attached hydrogens (tertiary/aromatic N) is 1. The summed E-state index contributed by atoms with van der Waals surface area (Å²) in [5.74, 6) is -0.594. The number of methoxy groups -OCH3 is 1. The fraction of sp³-hybridized carbons (Fsp3) is 0.412. The first-order valence-electron chi connectivity index (χ1n) is 8.03. The fourth-order valence-electron chi connectivity index (χ4n) is 2.87. The molecule has 6 nitrogen and oxygen atoms in total. The standard InChI is InChI=1S/C17H18F3N3O3/c1-25-9-13-6-12(7-21-13)23-15(24)16-22-8-14(26-16)10-3-2-4-11(5-10)17(18,19)20/h2-5,8,12-13,21H,6-7,9H2,1H3,(H,23,24)/t12-,13-/m1/s1. The molecule has 2 N–H and O–H groups in total. The van der Waals surface area contributed by atoms with E-state index in [1.165, 1.54) is 18.3 Å². The van der Waals surface area contributed by atoms with E-state index in [9.17, 15) is 18.0 Å². The van der Waals surface area contributed by atoms with Crippen LogP contribution in [-0.4, -0.2) is 43.2 Å². The average Bonchev–Trinajstić information content (AvgIpc) is 3.24. The molecule has 1 aromatic carbocycles. The van der Waals surface area contributed by atoms with Gasteiger partial charge in [0.05, 0.1) is 18.4 Å². The number of carbonyl (C=O) groups is 1. The minimum atomic E-state index is -4.45. The number of nitrogens with one attached hydrogen (secondary N) is 2. The molecule has 0 saturated carbocycles. The van der Waals surface area contributed by atoms with Crippen molar-refractivity contribution in [2.75, 3.05) is 20.3 Å². The number of oxazole rings is 1. The van der Waals surface area contributed by atoms with Crippen molar-refractivity contribution in [3.8, 4) is 11.3 Å². The van der Waals surface area contributed by atoms with Gasteiger partial charge in [0.25, 0.3) is 5.89 Å². The Morgan fingerprint density at radius 2 is 2.27 bits per heavy atom. The zero-order valence-corrected chi connectivity index (χ0v) is 14.0. The van der Waals surface area contributed by atoms with Crippen LogP contribution in [0.1, 0.15) is 22.7 Å². The summed E-state index contributed by atoms with van der Waals surface area (Å²) in [4.78, 5) is 16.1. The summed E-state index contributed by atoms with van der Waals surface area (Å²) in [5, 5.41) is 6.01. The second kappa shape index (κ2) is 7.46. The van der Waals surface area contributed by atoms with E-state index in [2.05, 4.69) is 15.6 Å². The van der Waals surface area contributed by atoms with Crippen molar-refractivity contribution < 1.29 is 27.1 Å². The molecular weight excluding hydrogens is 351 g/mol. The Hall–Kier alpha value is -2.39. The molecule has 26 heavy (non-hydrogen) atoms. The van der Waals surface area contributed by atoms with Crippen molar-refractivity contribution in [2.45, 2.75) is 24.7 Å². The molecule has 2 heterocycles. The van der Waals surface area contributed by atoms with E-state index in [0.717, 1.165) is 12.1 Å². The van der Waals surface area contributed by atoms with Gasteiger partial charge in [-0.05, 0) is 18.6 Å². The van der Waals surface area contributed by atoms with Crippen LogP contribution in [0.15, 0.2) is 34.9 Å². The van der Waals surface area contributed by atoms with Crippen LogP contribution in [-0.2, 0) is 10.9 Å². The van der Waals surface area contributed by atoms with Gasteiger partial charge in [0.2, 0.25) is 0 Å². The lowest BCUT2D eigenvalue weighted by Gasteiger charge is -2.10. The molecule has 2 aromatic rings. The van der Waals surface area contributed by atoms with E-state index in [0.29, 0.717) is 19.6 Å². The van der Waals surface area contributed by atoms with Gasteiger partial charge < -0.3 is 19.8 Å². The third-order valence-electron chi connectivity index (χ3n) is 4.10. The molecule has 0 bridgehead atoms. The van der Waals surface area contributed by atoms with Crippen LogP contribution in [0.5, 0.6) is 0 Å². The number of halogens is 3. The Balaban J connectivity index is 1.67. The number of amides is 1. The first-order valence-corrected chi connectivity index (χ1v) is 8.03. The van der Waals surface area contributed by atoms with Gasteiger partial charge >= 0.3 is 12.1 Å². The third kappa shape index (κ3) is 4.23. The van der Waals surface area contributed by atoms with E-state index >= 15 is 0 Å². The summed E-state index contributed by atoms with van der Waals surface area (Å²) in [6.45, 7) is 1.14. The molecule has 1 aromatic heterocycles. The predicted molar refractivity (Wildman–Crippen MR) is 86.5 cm³/mol. The van der Waals surface area contributed by atoms with Crippen LogP contribution in [0, 0.1) is 0 Å². The first-order chi connectivity index (χ1) is 12.4. The van der Waals surface area contributed by atoms with E-state index in [1.54, 1.807) is 7.11 Å². The summed E-state index contributed by atoms with van der Waals surface area (Å²) in [6.07, 6.45) is -2.50. The average molecular weight is 369 g/mol. The van der Waals surface area contributed by atoms with E-state index in [-0.39, 0.29) is 29.3 Å². The number of alkyl halides is 3. The third-order valence-corrected chi connectivity index (χ3v) is 4.10. The SMILES string of the molecule is COC[C@H]1C[C@@H](NC(=O)c2ncc(-c3cccc(C(F)(F)F)c3)o2)CN1. The van der Waals surface area contributed by atoms with Crippen LogP contribution < -0.4 is 10.6 Å². The maximum atomic E-state index is 12.8. The molecule has 3 rings (SSSR count). The van der Waals surface area contributed by atoms with Crippen molar-refractivity contribution in [1.82, 2.24) is 15.6 Å². The molecule has 1 fully saturated rings. The number of hydrogen-bond acceptors (Lipinski definition) is 5. The summed E-state index contributed by atoms with van der Waals surface area (Å²) in [6, 6.07) is 4.74. The van der Waals surface area contributed by atoms with Gasteiger partial charge in [0, 0.05) is 31.3 Å². The van der Waals surface area contributed by atoms with Crippen LogP contribution in [0.4, 0.5) is 13.2 Å². The Bertz CT molecular complexity index is 776. The normalized spacial score (nSPS) is 20.3. The number of hydrogen-bond donors (Lipinski definition) is 2. The summed E-state index contributed by atoms with van der Waals surface area (Å²) in [7, 11) is 1.61. The maximum absolute atomic E-state index is 12.8. The molecule has 1 aliphatic rings. The summed E-state index contributed by atoms with van der Waals surface area (Å²) < 4.78 is 48.8. The van der Waals surface area contributed by atoms with Crippen LogP contribution in [0.25, 0.3) is 11.3 Å². The van der Waals surface area contributed by atoms with Gasteiger partial charge in [-0.3, -0.25) is 4.79 Å². The van der Waals surface area contributed by atoms with Crippen molar-refractivity contribution in [3.63, 3.8) is 0 Å². The topological polar surface area (TPSA) is 76.4 Å². The highest BCUT2D eigenvalue weighted by Gasteiger charge is 2.31. The zero-order valence-electron chi connectivity index (χ0n) is 14.0. The van der Waals surface area contributed by atoms with Gasteiger partial charge in [-0.25, -0.2) is 4.98 Å². The molecule has 0 unspecified atom stereocenters. The Morgan fingerprint density at radius 1 is 1.46 bits per heavy atom. The second-order valence-corrected chi connectivity index (χ2v) is 6.07. The zero-order chi connectivity index (χ0) is 18.7. The highest BCUT2D eigenvalue weighted by molar-refractivity contribution is 5.90. The summed E-state index contributed by atoms with van der Waals surface area (Å²) in [5.41, 5.74) is -0.590. The van der Waals surface area contributed by atoms with Gasteiger partial charge in [-0.2, -0.15) is 13.2 Å². The lowest BCUT2D eigenvalue weighted by Crippen LogP contribution is -2.36. The van der Waals surface area contributed by atoms with Gasteiger partial charge in [-0.15, -0.1) is 0 Å². The minimum Gasteiger partial charge on any atom is -0.432 e. The van der Waals surface area contributed by atoms with Crippen LogP contribution >= 0.6 is 0 Å². The molecule has 0 aliphatic carbocycles. The number of benzene rings is 1. The molecule has 0 spiro atoms. The largest absolute Gasteiger partial charge is 0.432 e. The summed E-state index contributed by atoms with van der Waals surface area (Å²) >= 11 is 0. The molecule has 1 saturated heterocycles. The molecule has 9 heteroatoms. The number of rotatable bonds is 5. The molecule has 2 atom stereocenters. The van der Waals surface area contributed by atoms with Crippen molar-refractivity contribution in [2.24, 2.45) is 0 Å². The number of carbonyl (C=O) groups excluding carboxylic acids is 1. The number of ether oxygens (including phenoxy) is 1. The van der Waals surface area contributed by atoms with Crippen molar-refractivity contribution in [3.05, 3.63) is 41.9 Å². The highest BCUT2D eigenvalue weighted by atomic mass is 19.4. The molecule has 140 valence electrons. The van der Waals surface area contributed by atoms with E-state index < -0.39 is 17.6 Å². The molecule has 0 radical (unpaired) electrons. The van der Waals surface area contributed by atoms with Gasteiger partial charge in [0.15, 0.2) is 5.76 Å². The smallest absolute Gasteiger partial charge is 0.416 e. The second-order valence-electron chi connectivity index (χ2n) is 6.07. The molecule has 1 amide bonds. The van der Waals surface area contributed by atoms with Crippen LogP contribution in [0.2, 0.25) is 0 Å². The lowest BCUT2D eigenvalue weighted by molar-refractivity contribution is -0.137. The molecule has 1 aliphatic heterocycles. The maximum Gasteiger partial charge on any atom is 0.416 e. The van der Waals surface area contributed by atoms with Crippen LogP contribution in [0.3, 0.4) is 0 Å². The lowest BCUT2D eigenvalue weighted by atomic mass is 10.1. The number of aromatic nitrogens is 1. The molecular formula is C17H18F3N3O3. The Labute approximate surface area is 147 Å². The minimum absolute atomic E-state index is 0.0912. The monoisotopic (exact) mass is 369 g/mol. The van der Waals surface area contributed by atoms with Crippen molar-refractivity contribution in [1.29, 1.82) is 0 Å². The van der Waals surface area contributed by atoms with E-state index in [1.807, 2.05) is 0 Å². The Morgan fingerprint density at radius 3 is 3.00 bits per heavy atom. The van der Waals surface area contributed by atoms with Gasteiger partial charge in [-0.1, -0.05) is 12.1 Å².